The van der Waals surface area contributed by atoms with E-state index in [2.05, 4.69) is 0 Å². The van der Waals surface area contributed by atoms with Crippen molar-refractivity contribution in [2.45, 2.75) is 0 Å². The molecule has 0 aliphatic carbocycles. The van der Waals surface area contributed by atoms with Gasteiger partial charge in [0.1, 0.15) is 0 Å². The number of fused-ring (bicyclic) bond motifs is 4. The Morgan fingerprint density at radius 2 is 0.630 bits per heavy atom. The van der Waals surface area contributed by atoms with Gasteiger partial charge in [0.2, 0.25) is 0 Å². The van der Waals surface area contributed by atoms with Gasteiger partial charge in [-0.25, -0.2) is 0 Å². The Morgan fingerprint density at radius 1 is 0.239 bits per heavy atom. The second-order valence-corrected chi connectivity index (χ2v) is 9.75. The van der Waals surface area contributed by atoms with Crippen LogP contribution in [-0.4, -0.2) is 0 Å². The normalized spacial score (nSPS) is 20.6. The summed E-state index contributed by atoms with van der Waals surface area (Å²) in [5.41, 5.74) is -6.51. The van der Waals surface area contributed by atoms with Crippen molar-refractivity contribution in [2.75, 3.05) is 0 Å². The van der Waals surface area contributed by atoms with Gasteiger partial charge in [-0.3, -0.25) is 0 Å². The number of benzene rings is 9. The lowest BCUT2D eigenvalue weighted by molar-refractivity contribution is 1.62. The monoisotopic (exact) mass is 612 g/mol. The molecule has 0 aliphatic rings. The molecule has 0 nitrogen and oxygen atoms in total. The van der Waals surface area contributed by atoms with Crippen LogP contribution in [0.25, 0.3) is 87.6 Å². The Labute approximate surface area is 311 Å². The SMILES string of the molecule is [2H]c1c([2H])c([2H])c(-c2c3c([2H])c([2H])c([2H])c([2H])c3c(-c3c([2H])c([2H])c([2H])c4c(-c5c([2H])c([2H])c(-c6c([2H])c([2H])c([2H])c7c([2H])c([2H])c([2H])c([2H])c67)c([2H])c5[2H])c([2H])c([2H])c([2H])c34)c3c([2H])c([2H])c([2H])c([2H])c23)c([2H])c1[2H]. The average molecular weight is 613 g/mol. The Bertz CT molecular complexity index is 4130. The number of hydrogen-bond donors (Lipinski definition) is 0. The fourth-order valence-electron chi connectivity index (χ4n) is 5.38. The van der Waals surface area contributed by atoms with E-state index in [9.17, 15) is 17.8 Å². The van der Waals surface area contributed by atoms with E-state index in [0.717, 1.165) is 0 Å². The molecule has 0 N–H and O–H groups in total. The lowest BCUT2D eigenvalue weighted by Gasteiger charge is -2.19. The highest BCUT2D eigenvalue weighted by Crippen LogP contribution is 2.46. The maximum absolute atomic E-state index is 9.52. The molecule has 0 fully saturated rings. The Hall–Kier alpha value is -5.98. The van der Waals surface area contributed by atoms with Crippen LogP contribution in [-0.2, 0) is 0 Å². The van der Waals surface area contributed by atoms with Gasteiger partial charge in [0.05, 0.1) is 41.1 Å². The number of hydrogen-bond acceptors (Lipinski definition) is 0. The first-order chi connectivity index (χ1) is 35.3. The molecular weight excluding hydrogens is 553 g/mol. The van der Waals surface area contributed by atoms with Crippen molar-refractivity contribution in [2.24, 2.45) is 0 Å². The van der Waals surface area contributed by atoms with Crippen LogP contribution in [0.5, 0.6) is 0 Å². The number of rotatable bonds is 4. The third kappa shape index (κ3) is 4.23. The molecule has 9 aromatic rings. The van der Waals surface area contributed by atoms with Gasteiger partial charge >= 0.3 is 0 Å². The van der Waals surface area contributed by atoms with Crippen molar-refractivity contribution in [1.29, 1.82) is 0 Å². The standard InChI is InChI=1S/C46H30/c1-2-14-34(15-3-1)45-41-18-6-8-20-43(41)46(44-21-9-7-19-42(44)45)40-26-12-24-38-37(23-11-25-39(38)40)33-29-27-32(28-30-33)36-22-10-16-31-13-4-5-17-35(31)36/h1-30H/i1D,2D,3D,4D,5D,6D,7D,8D,9D,10D,11D,12D,13D,14D,15D,16D,17D,18D,19D,20D,21D,22D,23D,24D,25D,26D,27D,28D,29D,30D. The minimum atomic E-state index is -1.12. The van der Waals surface area contributed by atoms with Gasteiger partial charge in [-0.2, -0.15) is 0 Å². The molecule has 9 rings (SSSR count). The molecule has 0 unspecified atom stereocenters. The maximum atomic E-state index is 9.52. The Morgan fingerprint density at radius 3 is 1.24 bits per heavy atom. The van der Waals surface area contributed by atoms with E-state index in [1.54, 1.807) is 0 Å². The van der Waals surface area contributed by atoms with Gasteiger partial charge in [-0.1, -0.05) is 181 Å². The van der Waals surface area contributed by atoms with E-state index < -0.39 is 269 Å². The first-order valence-electron chi connectivity index (χ1n) is 28.5. The minimum absolute atomic E-state index is 0.594. The topological polar surface area (TPSA) is 0 Å². The van der Waals surface area contributed by atoms with E-state index in [1.165, 1.54) is 0 Å². The molecule has 0 spiro atoms. The zero-order valence-corrected chi connectivity index (χ0v) is 23.0. The van der Waals surface area contributed by atoms with Crippen molar-refractivity contribution in [3.05, 3.63) is 181 Å². The summed E-state index contributed by atoms with van der Waals surface area (Å²) in [7, 11) is 0. The third-order valence-corrected chi connectivity index (χ3v) is 7.31. The summed E-state index contributed by atoms with van der Waals surface area (Å²) in [6, 6.07) is -29.9. The summed E-state index contributed by atoms with van der Waals surface area (Å²) in [6.45, 7) is 0. The van der Waals surface area contributed by atoms with E-state index in [4.69, 9.17) is 23.3 Å². The molecule has 0 radical (unpaired) electrons. The van der Waals surface area contributed by atoms with Crippen LogP contribution in [0, 0.1) is 0 Å². The maximum Gasteiger partial charge on any atom is 0.0629 e. The smallest absolute Gasteiger partial charge is 0.0622 e. The van der Waals surface area contributed by atoms with Crippen molar-refractivity contribution in [1.82, 2.24) is 0 Å². The molecule has 0 aliphatic heterocycles. The lowest BCUT2D eigenvalue weighted by atomic mass is 9.84. The molecule has 0 saturated heterocycles. The zero-order chi connectivity index (χ0) is 56.6. The van der Waals surface area contributed by atoms with Gasteiger partial charge in [-0.15, -0.1) is 0 Å². The van der Waals surface area contributed by atoms with E-state index in [0.29, 0.717) is 0 Å². The predicted molar refractivity (Wildman–Crippen MR) is 198 cm³/mol. The molecule has 0 heterocycles. The molecule has 46 heavy (non-hydrogen) atoms. The first-order valence-corrected chi connectivity index (χ1v) is 13.5. The van der Waals surface area contributed by atoms with Crippen LogP contribution in [0.15, 0.2) is 181 Å². The van der Waals surface area contributed by atoms with Crippen LogP contribution in [0.3, 0.4) is 0 Å². The molecule has 0 bridgehead atoms. The highest BCUT2D eigenvalue weighted by atomic mass is 14.2. The quantitative estimate of drug-likeness (QED) is 0.173. The highest BCUT2D eigenvalue weighted by molar-refractivity contribution is 6.24. The first kappa shape index (κ1) is 10.0. The largest absolute Gasteiger partial charge is 0.0629 e. The summed E-state index contributed by atoms with van der Waals surface area (Å²) >= 11 is 0. The van der Waals surface area contributed by atoms with Gasteiger partial charge in [0.25, 0.3) is 0 Å². The molecule has 214 valence electrons. The van der Waals surface area contributed by atoms with E-state index in [-0.39, 0.29) is 0 Å². The molecule has 0 aromatic heterocycles. The zero-order valence-electron chi connectivity index (χ0n) is 53.0. The van der Waals surface area contributed by atoms with Gasteiger partial charge in [-0.05, 0) is 87.6 Å². The summed E-state index contributed by atoms with van der Waals surface area (Å²) < 4.78 is 269. The van der Waals surface area contributed by atoms with Crippen molar-refractivity contribution in [3.8, 4) is 44.5 Å². The predicted octanol–water partition coefficient (Wildman–Crippen LogP) is 13.0. The van der Waals surface area contributed by atoms with Crippen LogP contribution < -0.4 is 0 Å². The second-order valence-electron chi connectivity index (χ2n) is 9.75. The second kappa shape index (κ2) is 10.9. The molecule has 9 aromatic carbocycles. The minimum Gasteiger partial charge on any atom is -0.0622 e. The summed E-state index contributed by atoms with van der Waals surface area (Å²) in [4.78, 5) is 0. The lowest BCUT2D eigenvalue weighted by Crippen LogP contribution is -1.92. The Kier molecular flexibility index (Phi) is 2.37. The van der Waals surface area contributed by atoms with Gasteiger partial charge in [0.15, 0.2) is 0 Å². The van der Waals surface area contributed by atoms with Crippen LogP contribution in [0.4, 0.5) is 0 Å². The summed E-state index contributed by atoms with van der Waals surface area (Å²) in [5.74, 6) is 0. The van der Waals surface area contributed by atoms with Crippen molar-refractivity contribution >= 4 is 43.1 Å². The van der Waals surface area contributed by atoms with Crippen LogP contribution >= 0.6 is 0 Å². The van der Waals surface area contributed by atoms with Crippen LogP contribution in [0.1, 0.15) is 41.1 Å². The van der Waals surface area contributed by atoms with Crippen molar-refractivity contribution in [3.63, 3.8) is 0 Å². The van der Waals surface area contributed by atoms with Crippen LogP contribution in [0.2, 0.25) is 0 Å². The summed E-state index contributed by atoms with van der Waals surface area (Å²) in [6.07, 6.45) is 0. The molecule has 0 amide bonds. The molecule has 0 saturated carbocycles. The Balaban J connectivity index is 1.56. The van der Waals surface area contributed by atoms with E-state index >= 15 is 0 Å². The fourth-order valence-corrected chi connectivity index (χ4v) is 5.38. The fraction of sp³-hybridized carbons (Fsp3) is 0. The van der Waals surface area contributed by atoms with E-state index in [1.807, 2.05) is 0 Å². The highest BCUT2D eigenvalue weighted by Gasteiger charge is 2.18. The summed E-state index contributed by atoms with van der Waals surface area (Å²) in [5, 5.41) is -5.94. The molecule has 0 heteroatoms. The molecule has 0 atom stereocenters. The average Bonchev–Trinajstić information content (AvgIpc) is 3.39. The third-order valence-electron chi connectivity index (χ3n) is 7.31. The van der Waals surface area contributed by atoms with Gasteiger partial charge in [0, 0.05) is 0 Å². The van der Waals surface area contributed by atoms with Crippen molar-refractivity contribution < 1.29 is 41.1 Å². The van der Waals surface area contributed by atoms with Gasteiger partial charge < -0.3 is 0 Å². The molecular formula is C46H30.